The third-order valence-electron chi connectivity index (χ3n) is 3.55. The van der Waals surface area contributed by atoms with Gasteiger partial charge < -0.3 is 26.2 Å². The van der Waals surface area contributed by atoms with E-state index in [1.165, 1.54) is 0 Å². The average molecular weight is 337 g/mol. The van der Waals surface area contributed by atoms with Gasteiger partial charge in [0.05, 0.1) is 31.8 Å². The van der Waals surface area contributed by atoms with Gasteiger partial charge in [-0.2, -0.15) is 0 Å². The van der Waals surface area contributed by atoms with Crippen LogP contribution in [0.3, 0.4) is 0 Å². The summed E-state index contributed by atoms with van der Waals surface area (Å²) in [5, 5.41) is 26.7. The summed E-state index contributed by atoms with van der Waals surface area (Å²) in [6.07, 6.45) is 0.388. The van der Waals surface area contributed by atoms with Crippen LogP contribution in [0.25, 0.3) is 0 Å². The molecule has 0 radical (unpaired) electrons. The van der Waals surface area contributed by atoms with Crippen molar-refractivity contribution in [2.45, 2.75) is 31.9 Å². The van der Waals surface area contributed by atoms with Crippen molar-refractivity contribution in [2.75, 3.05) is 26.2 Å². The van der Waals surface area contributed by atoms with Crippen LogP contribution in [0.5, 0.6) is 0 Å². The Morgan fingerprint density at radius 1 is 1.12 bits per heavy atom. The third-order valence-corrected chi connectivity index (χ3v) is 3.55. The summed E-state index contributed by atoms with van der Waals surface area (Å²) in [5.74, 6) is -0.673. The molecule has 2 atom stereocenters. The minimum Gasteiger partial charge on any atom is -0.395 e. The molecule has 1 aromatic carbocycles. The van der Waals surface area contributed by atoms with Gasteiger partial charge >= 0.3 is 0 Å². The molecule has 2 amide bonds. The summed E-state index contributed by atoms with van der Waals surface area (Å²) in [6, 6.07) is 9.20. The summed E-state index contributed by atoms with van der Waals surface area (Å²) in [4.78, 5) is 23.5. The van der Waals surface area contributed by atoms with Crippen molar-refractivity contribution in [3.05, 3.63) is 35.9 Å². The zero-order valence-corrected chi connectivity index (χ0v) is 14.0. The van der Waals surface area contributed by atoms with Gasteiger partial charge in [0.2, 0.25) is 11.8 Å². The molecule has 0 bridgehead atoms. The minimum atomic E-state index is -0.656. The van der Waals surface area contributed by atoms with Crippen LogP contribution in [0.4, 0.5) is 0 Å². The van der Waals surface area contributed by atoms with Gasteiger partial charge in [0.25, 0.3) is 0 Å². The second-order valence-corrected chi connectivity index (χ2v) is 5.52. The monoisotopic (exact) mass is 337 g/mol. The van der Waals surface area contributed by atoms with Gasteiger partial charge in [-0.05, 0) is 18.4 Å². The topological polar surface area (TPSA) is 111 Å². The molecule has 0 saturated carbocycles. The number of nitrogens with one attached hydrogen (secondary N) is 3. The van der Waals surface area contributed by atoms with E-state index >= 15 is 0 Å². The van der Waals surface area contributed by atoms with Crippen LogP contribution in [-0.4, -0.2) is 60.4 Å². The van der Waals surface area contributed by atoms with Crippen LogP contribution >= 0.6 is 0 Å². The molecule has 0 heterocycles. The highest BCUT2D eigenvalue weighted by Crippen LogP contribution is 2.08. The lowest BCUT2D eigenvalue weighted by Gasteiger charge is -2.23. The summed E-state index contributed by atoms with van der Waals surface area (Å²) in [5.41, 5.74) is 1.02. The minimum absolute atomic E-state index is 0.0405. The highest BCUT2D eigenvalue weighted by atomic mass is 16.3. The molecule has 0 fully saturated rings. The number of aliphatic hydroxyl groups is 2. The van der Waals surface area contributed by atoms with Crippen molar-refractivity contribution in [1.82, 2.24) is 16.0 Å². The molecule has 24 heavy (non-hydrogen) atoms. The second-order valence-electron chi connectivity index (χ2n) is 5.52. The Kier molecular flexibility index (Phi) is 9.67. The van der Waals surface area contributed by atoms with Crippen molar-refractivity contribution >= 4 is 11.8 Å². The number of amides is 2. The van der Waals surface area contributed by atoms with Gasteiger partial charge in [-0.1, -0.05) is 37.3 Å². The fourth-order valence-corrected chi connectivity index (χ4v) is 2.22. The van der Waals surface area contributed by atoms with Crippen LogP contribution in [0.1, 0.15) is 18.9 Å². The summed E-state index contributed by atoms with van der Waals surface area (Å²) < 4.78 is 0. The van der Waals surface area contributed by atoms with E-state index in [2.05, 4.69) is 16.0 Å². The molecule has 0 spiro atoms. The predicted molar refractivity (Wildman–Crippen MR) is 91.3 cm³/mol. The summed E-state index contributed by atoms with van der Waals surface area (Å²) in [6.45, 7) is 2.01. The third kappa shape index (κ3) is 8.05. The maximum atomic E-state index is 12.0. The van der Waals surface area contributed by atoms with Crippen molar-refractivity contribution in [2.24, 2.45) is 0 Å². The normalized spacial score (nSPS) is 13.1. The lowest BCUT2D eigenvalue weighted by atomic mass is 9.99. The van der Waals surface area contributed by atoms with E-state index in [9.17, 15) is 14.7 Å². The van der Waals surface area contributed by atoms with Gasteiger partial charge in [-0.3, -0.25) is 9.59 Å². The van der Waals surface area contributed by atoms with E-state index in [0.29, 0.717) is 19.4 Å². The van der Waals surface area contributed by atoms with Crippen LogP contribution in [0.15, 0.2) is 30.3 Å². The van der Waals surface area contributed by atoms with Crippen LogP contribution in [0, 0.1) is 0 Å². The Balaban J connectivity index is 2.45. The summed E-state index contributed by atoms with van der Waals surface area (Å²) >= 11 is 0. The first-order chi connectivity index (χ1) is 11.6. The lowest BCUT2D eigenvalue weighted by molar-refractivity contribution is -0.126. The smallest absolute Gasteiger partial charge is 0.239 e. The average Bonchev–Trinajstić information content (AvgIpc) is 2.60. The first kappa shape index (κ1) is 20.1. The number of hydrogen-bond donors (Lipinski definition) is 5. The largest absolute Gasteiger partial charge is 0.395 e. The zero-order chi connectivity index (χ0) is 17.8. The standard InChI is InChI=1S/C17H27N3O4/c1-2-15(22)14(10-13-6-4-3-5-7-13)20-17(24)12-19-16(23)11-18-8-9-21/h3-7,14-15,18,21-22H,2,8-12H2,1H3,(H,19,23)(H,20,24)/t14-,15+/m0/s1. The van der Waals surface area contributed by atoms with E-state index < -0.39 is 12.1 Å². The van der Waals surface area contributed by atoms with Crippen molar-refractivity contribution in [3.8, 4) is 0 Å². The molecule has 1 rings (SSSR count). The Bertz CT molecular complexity index is 496. The molecule has 0 saturated heterocycles. The van der Waals surface area contributed by atoms with Gasteiger partial charge in [-0.25, -0.2) is 0 Å². The van der Waals surface area contributed by atoms with Crippen molar-refractivity contribution in [3.63, 3.8) is 0 Å². The second kappa shape index (κ2) is 11.6. The molecule has 5 N–H and O–H groups in total. The molecule has 7 nitrogen and oxygen atoms in total. The van der Waals surface area contributed by atoms with Gasteiger partial charge in [-0.15, -0.1) is 0 Å². The number of hydrogen-bond acceptors (Lipinski definition) is 5. The quantitative estimate of drug-likeness (QED) is 0.339. The predicted octanol–water partition coefficient (Wildman–Crippen LogP) is -0.817. The number of rotatable bonds is 11. The Hall–Kier alpha value is -1.96. The summed E-state index contributed by atoms with van der Waals surface area (Å²) in [7, 11) is 0. The van der Waals surface area contributed by atoms with E-state index in [1.807, 2.05) is 37.3 Å². The van der Waals surface area contributed by atoms with Crippen LogP contribution in [-0.2, 0) is 16.0 Å². The number of carbonyl (C=O) groups is 2. The highest BCUT2D eigenvalue weighted by molar-refractivity contribution is 5.85. The molecule has 0 aromatic heterocycles. The Labute approximate surface area is 142 Å². The highest BCUT2D eigenvalue weighted by Gasteiger charge is 2.20. The van der Waals surface area contributed by atoms with Crippen molar-refractivity contribution in [1.29, 1.82) is 0 Å². The fourth-order valence-electron chi connectivity index (χ4n) is 2.22. The SMILES string of the molecule is CC[C@@H](O)[C@H](Cc1ccccc1)NC(=O)CNC(=O)CNCCO. The lowest BCUT2D eigenvalue weighted by Crippen LogP contribution is -2.49. The molecule has 0 aliphatic heterocycles. The maximum absolute atomic E-state index is 12.0. The Morgan fingerprint density at radius 3 is 2.46 bits per heavy atom. The number of aliphatic hydroxyl groups excluding tert-OH is 2. The van der Waals surface area contributed by atoms with Gasteiger partial charge in [0.1, 0.15) is 0 Å². The fraction of sp³-hybridized carbons (Fsp3) is 0.529. The van der Waals surface area contributed by atoms with E-state index in [-0.39, 0.29) is 31.5 Å². The molecular weight excluding hydrogens is 310 g/mol. The number of carbonyl (C=O) groups excluding carboxylic acids is 2. The Morgan fingerprint density at radius 2 is 1.83 bits per heavy atom. The molecule has 7 heteroatoms. The molecule has 0 unspecified atom stereocenters. The van der Waals surface area contributed by atoms with E-state index in [4.69, 9.17) is 5.11 Å². The molecule has 0 aliphatic rings. The first-order valence-electron chi connectivity index (χ1n) is 8.16. The molecule has 134 valence electrons. The first-order valence-corrected chi connectivity index (χ1v) is 8.16. The van der Waals surface area contributed by atoms with Crippen LogP contribution < -0.4 is 16.0 Å². The van der Waals surface area contributed by atoms with E-state index in [1.54, 1.807) is 0 Å². The van der Waals surface area contributed by atoms with Gasteiger partial charge in [0.15, 0.2) is 0 Å². The van der Waals surface area contributed by atoms with Crippen LogP contribution in [0.2, 0.25) is 0 Å². The van der Waals surface area contributed by atoms with E-state index in [0.717, 1.165) is 5.56 Å². The maximum Gasteiger partial charge on any atom is 0.239 e. The van der Waals surface area contributed by atoms with Gasteiger partial charge in [0, 0.05) is 6.54 Å². The number of benzene rings is 1. The molecule has 0 aliphatic carbocycles. The zero-order valence-electron chi connectivity index (χ0n) is 14.0. The molecule has 1 aromatic rings. The van der Waals surface area contributed by atoms with Crippen molar-refractivity contribution < 1.29 is 19.8 Å². The molecular formula is C17H27N3O4.